The SMILES string of the molecule is COCC(N)C(=O)N1CCN(Cc2ccccc2OC)CC1. The lowest BCUT2D eigenvalue weighted by Gasteiger charge is -2.36. The summed E-state index contributed by atoms with van der Waals surface area (Å²) in [6.45, 7) is 4.17. The third kappa shape index (κ3) is 4.19. The van der Waals surface area contributed by atoms with Gasteiger partial charge in [0.25, 0.3) is 0 Å². The Hall–Kier alpha value is -1.63. The van der Waals surface area contributed by atoms with Crippen LogP contribution in [0, 0.1) is 0 Å². The van der Waals surface area contributed by atoms with Crippen LogP contribution in [0.2, 0.25) is 0 Å². The Morgan fingerprint density at radius 2 is 1.91 bits per heavy atom. The van der Waals surface area contributed by atoms with Crippen LogP contribution in [0.4, 0.5) is 0 Å². The van der Waals surface area contributed by atoms with E-state index in [2.05, 4.69) is 11.0 Å². The number of nitrogens with two attached hydrogens (primary N) is 1. The van der Waals surface area contributed by atoms with Crippen molar-refractivity contribution in [3.63, 3.8) is 0 Å². The fraction of sp³-hybridized carbons (Fsp3) is 0.562. The van der Waals surface area contributed by atoms with E-state index < -0.39 is 6.04 Å². The monoisotopic (exact) mass is 307 g/mol. The number of hydrogen-bond donors (Lipinski definition) is 1. The zero-order chi connectivity index (χ0) is 15.9. The van der Waals surface area contributed by atoms with Gasteiger partial charge in [-0.05, 0) is 6.07 Å². The van der Waals surface area contributed by atoms with E-state index in [0.29, 0.717) is 13.1 Å². The molecule has 1 amide bonds. The highest BCUT2D eigenvalue weighted by Crippen LogP contribution is 2.20. The zero-order valence-electron chi connectivity index (χ0n) is 13.3. The Kier molecular flexibility index (Phi) is 6.18. The molecule has 1 saturated heterocycles. The number of carbonyl (C=O) groups is 1. The summed E-state index contributed by atoms with van der Waals surface area (Å²) in [5.74, 6) is 0.877. The first-order chi connectivity index (χ1) is 10.7. The maximum atomic E-state index is 12.1. The van der Waals surface area contributed by atoms with Gasteiger partial charge in [-0.15, -0.1) is 0 Å². The Morgan fingerprint density at radius 3 is 2.55 bits per heavy atom. The third-order valence-electron chi connectivity index (χ3n) is 3.93. The van der Waals surface area contributed by atoms with E-state index >= 15 is 0 Å². The van der Waals surface area contributed by atoms with E-state index in [1.54, 1.807) is 14.2 Å². The molecule has 6 heteroatoms. The lowest BCUT2D eigenvalue weighted by molar-refractivity contribution is -0.135. The molecule has 1 aromatic rings. The minimum absolute atomic E-state index is 0.0289. The summed E-state index contributed by atoms with van der Waals surface area (Å²) >= 11 is 0. The summed E-state index contributed by atoms with van der Waals surface area (Å²) in [4.78, 5) is 16.3. The molecule has 2 N–H and O–H groups in total. The zero-order valence-corrected chi connectivity index (χ0v) is 13.3. The molecule has 1 aliphatic heterocycles. The van der Waals surface area contributed by atoms with Crippen molar-refractivity contribution < 1.29 is 14.3 Å². The second kappa shape index (κ2) is 8.12. The first-order valence-electron chi connectivity index (χ1n) is 7.53. The summed E-state index contributed by atoms with van der Waals surface area (Å²) in [7, 11) is 3.24. The number of piperazine rings is 1. The number of amides is 1. The van der Waals surface area contributed by atoms with E-state index in [1.165, 1.54) is 5.56 Å². The molecule has 2 rings (SSSR count). The molecule has 0 aromatic heterocycles. The van der Waals surface area contributed by atoms with Gasteiger partial charge in [-0.3, -0.25) is 9.69 Å². The molecule has 122 valence electrons. The van der Waals surface area contributed by atoms with Crippen LogP contribution < -0.4 is 10.5 Å². The van der Waals surface area contributed by atoms with E-state index in [9.17, 15) is 4.79 Å². The van der Waals surface area contributed by atoms with E-state index in [1.807, 2.05) is 23.1 Å². The van der Waals surface area contributed by atoms with Crippen molar-refractivity contribution in [3.8, 4) is 5.75 Å². The van der Waals surface area contributed by atoms with E-state index in [4.69, 9.17) is 15.2 Å². The Morgan fingerprint density at radius 1 is 1.23 bits per heavy atom. The predicted molar refractivity (Wildman–Crippen MR) is 84.7 cm³/mol. The molecule has 0 radical (unpaired) electrons. The van der Waals surface area contributed by atoms with E-state index in [-0.39, 0.29) is 12.5 Å². The van der Waals surface area contributed by atoms with Crippen LogP contribution in [-0.4, -0.2) is 68.8 Å². The second-order valence-electron chi connectivity index (χ2n) is 5.48. The summed E-state index contributed by atoms with van der Waals surface area (Å²) in [6.07, 6.45) is 0. The largest absolute Gasteiger partial charge is 0.496 e. The van der Waals surface area contributed by atoms with Crippen molar-refractivity contribution in [2.45, 2.75) is 12.6 Å². The van der Waals surface area contributed by atoms with Crippen LogP contribution in [-0.2, 0) is 16.1 Å². The number of nitrogens with zero attached hydrogens (tertiary/aromatic N) is 2. The molecular weight excluding hydrogens is 282 g/mol. The normalized spacial score (nSPS) is 17.3. The molecule has 0 aliphatic carbocycles. The van der Waals surface area contributed by atoms with Gasteiger partial charge >= 0.3 is 0 Å². The van der Waals surface area contributed by atoms with Gasteiger partial charge in [0.1, 0.15) is 11.8 Å². The van der Waals surface area contributed by atoms with Crippen LogP contribution in [0.3, 0.4) is 0 Å². The smallest absolute Gasteiger partial charge is 0.241 e. The second-order valence-corrected chi connectivity index (χ2v) is 5.48. The fourth-order valence-corrected chi connectivity index (χ4v) is 2.69. The van der Waals surface area contributed by atoms with Crippen LogP contribution in [0.1, 0.15) is 5.56 Å². The Labute approximate surface area is 131 Å². The number of ether oxygens (including phenoxy) is 2. The van der Waals surface area contributed by atoms with Crippen LogP contribution in [0.15, 0.2) is 24.3 Å². The van der Waals surface area contributed by atoms with Crippen molar-refractivity contribution >= 4 is 5.91 Å². The van der Waals surface area contributed by atoms with Gasteiger partial charge in [0.2, 0.25) is 5.91 Å². The molecule has 1 aromatic carbocycles. The van der Waals surface area contributed by atoms with E-state index in [0.717, 1.165) is 25.4 Å². The number of carbonyl (C=O) groups excluding carboxylic acids is 1. The molecule has 0 spiro atoms. The number of methoxy groups -OCH3 is 2. The number of para-hydroxylation sites is 1. The van der Waals surface area contributed by atoms with Crippen molar-refractivity contribution in [1.29, 1.82) is 0 Å². The molecular formula is C16H25N3O3. The van der Waals surface area contributed by atoms with Crippen LogP contribution in [0.5, 0.6) is 5.75 Å². The first-order valence-corrected chi connectivity index (χ1v) is 7.53. The van der Waals surface area contributed by atoms with Gasteiger partial charge in [-0.1, -0.05) is 18.2 Å². The molecule has 0 saturated carbocycles. The van der Waals surface area contributed by atoms with Crippen molar-refractivity contribution in [3.05, 3.63) is 29.8 Å². The quantitative estimate of drug-likeness (QED) is 0.819. The van der Waals surface area contributed by atoms with Crippen molar-refractivity contribution in [2.24, 2.45) is 5.73 Å². The number of rotatable bonds is 6. The van der Waals surface area contributed by atoms with Gasteiger partial charge in [-0.2, -0.15) is 0 Å². The third-order valence-corrected chi connectivity index (χ3v) is 3.93. The van der Waals surface area contributed by atoms with Crippen molar-refractivity contribution in [1.82, 2.24) is 9.80 Å². The maximum Gasteiger partial charge on any atom is 0.241 e. The summed E-state index contributed by atoms with van der Waals surface area (Å²) in [5.41, 5.74) is 6.98. The summed E-state index contributed by atoms with van der Waals surface area (Å²) in [5, 5.41) is 0. The van der Waals surface area contributed by atoms with Crippen LogP contribution >= 0.6 is 0 Å². The van der Waals surface area contributed by atoms with Crippen LogP contribution in [0.25, 0.3) is 0 Å². The molecule has 22 heavy (non-hydrogen) atoms. The average molecular weight is 307 g/mol. The predicted octanol–water partition coefficient (Wildman–Crippen LogP) is 0.313. The molecule has 6 nitrogen and oxygen atoms in total. The van der Waals surface area contributed by atoms with Gasteiger partial charge in [0, 0.05) is 45.4 Å². The number of hydrogen-bond acceptors (Lipinski definition) is 5. The highest BCUT2D eigenvalue weighted by molar-refractivity contribution is 5.81. The minimum Gasteiger partial charge on any atom is -0.496 e. The maximum absolute atomic E-state index is 12.1. The Balaban J connectivity index is 1.86. The minimum atomic E-state index is -0.564. The molecule has 1 fully saturated rings. The number of benzene rings is 1. The Bertz CT molecular complexity index is 487. The molecule has 1 heterocycles. The topological polar surface area (TPSA) is 68.0 Å². The average Bonchev–Trinajstić information content (AvgIpc) is 2.55. The van der Waals surface area contributed by atoms with Gasteiger partial charge in [0.15, 0.2) is 0 Å². The van der Waals surface area contributed by atoms with Gasteiger partial charge in [0.05, 0.1) is 13.7 Å². The van der Waals surface area contributed by atoms with Crippen molar-refractivity contribution in [2.75, 3.05) is 47.0 Å². The highest BCUT2D eigenvalue weighted by atomic mass is 16.5. The summed E-state index contributed by atoms with van der Waals surface area (Å²) in [6, 6.07) is 7.46. The summed E-state index contributed by atoms with van der Waals surface area (Å²) < 4.78 is 10.3. The lowest BCUT2D eigenvalue weighted by atomic mass is 10.1. The van der Waals surface area contributed by atoms with Gasteiger partial charge in [-0.25, -0.2) is 0 Å². The molecule has 1 aliphatic rings. The lowest BCUT2D eigenvalue weighted by Crippen LogP contribution is -2.53. The fourth-order valence-electron chi connectivity index (χ4n) is 2.69. The standard InChI is InChI=1S/C16H25N3O3/c1-21-12-14(17)16(20)19-9-7-18(8-10-19)11-13-5-3-4-6-15(13)22-2/h3-6,14H,7-12,17H2,1-2H3. The molecule has 1 atom stereocenters. The molecule has 1 unspecified atom stereocenters. The van der Waals surface area contributed by atoms with Gasteiger partial charge < -0.3 is 20.1 Å². The molecule has 0 bridgehead atoms. The first kappa shape index (κ1) is 16.7. The highest BCUT2D eigenvalue weighted by Gasteiger charge is 2.25.